The molecule has 7 rings (SSSR count). The summed E-state index contributed by atoms with van der Waals surface area (Å²) in [5, 5.41) is 3.53. The van der Waals surface area contributed by atoms with E-state index in [0.29, 0.717) is 11.6 Å². The van der Waals surface area contributed by atoms with Gasteiger partial charge in [-0.05, 0) is 66.0 Å². The number of aryl methyl sites for hydroxylation is 1. The van der Waals surface area contributed by atoms with Crippen molar-refractivity contribution in [3.05, 3.63) is 144 Å². The molecule has 0 fully saturated rings. The normalized spacial score (nSPS) is 11.3. The van der Waals surface area contributed by atoms with Gasteiger partial charge < -0.3 is 14.4 Å². The van der Waals surface area contributed by atoms with E-state index in [1.807, 2.05) is 49.5 Å². The van der Waals surface area contributed by atoms with Gasteiger partial charge in [-0.15, -0.1) is 54.1 Å². The van der Waals surface area contributed by atoms with E-state index in [4.69, 9.17) is 9.40 Å². The molecule has 0 aliphatic rings. The number of fused-ring (bicyclic) bond motifs is 3. The third kappa shape index (κ3) is 8.25. The number of pyridine rings is 3. The molecule has 3 aromatic carbocycles. The van der Waals surface area contributed by atoms with Crippen molar-refractivity contribution >= 4 is 35.3 Å². The number of rotatable bonds is 7. The molecular weight excluding hydrogens is 783 g/mol. The molecule has 7 aromatic rings. The SMILES string of the molecule is C[Si](C)(C)c1cnc(-c2[c-]cccc2)cc1Cc1ccccc1.Cc1ccc2c(n1)oc1c(-c3cc(CC(C)C)ccn3)[c-]ccc12.[Ir]. The van der Waals surface area contributed by atoms with Crippen LogP contribution in [0.3, 0.4) is 0 Å². The van der Waals surface area contributed by atoms with Crippen LogP contribution in [0.5, 0.6) is 0 Å². The van der Waals surface area contributed by atoms with Crippen LogP contribution in [0.15, 0.2) is 114 Å². The van der Waals surface area contributed by atoms with E-state index in [1.54, 1.807) is 0 Å². The van der Waals surface area contributed by atoms with Gasteiger partial charge in [-0.2, -0.15) is 0 Å². The average Bonchev–Trinajstić information content (AvgIpc) is 3.43. The Morgan fingerprint density at radius 1 is 0.771 bits per heavy atom. The first-order valence-corrected chi connectivity index (χ1v) is 19.8. The third-order valence-electron chi connectivity index (χ3n) is 8.18. The third-order valence-corrected chi connectivity index (χ3v) is 10.2. The molecule has 4 heterocycles. The van der Waals surface area contributed by atoms with Crippen LogP contribution >= 0.6 is 0 Å². The number of benzene rings is 3. The van der Waals surface area contributed by atoms with Gasteiger partial charge in [0, 0.05) is 43.6 Å². The molecule has 0 unspecified atom stereocenters. The van der Waals surface area contributed by atoms with E-state index in [2.05, 4.69) is 122 Å². The van der Waals surface area contributed by atoms with Gasteiger partial charge in [0.15, 0.2) is 0 Å². The molecule has 0 bridgehead atoms. The second kappa shape index (κ2) is 15.3. The topological polar surface area (TPSA) is 51.8 Å². The van der Waals surface area contributed by atoms with Crippen molar-refractivity contribution in [3.63, 3.8) is 0 Å². The molecule has 48 heavy (non-hydrogen) atoms. The molecule has 0 saturated carbocycles. The maximum atomic E-state index is 6.06. The van der Waals surface area contributed by atoms with Gasteiger partial charge in [-0.3, -0.25) is 0 Å². The maximum Gasteiger partial charge on any atom is 0.216 e. The van der Waals surface area contributed by atoms with Gasteiger partial charge in [0.05, 0.1) is 13.7 Å². The van der Waals surface area contributed by atoms with Crippen LogP contribution in [0.1, 0.15) is 36.2 Å². The Hall–Kier alpha value is -4.22. The van der Waals surface area contributed by atoms with E-state index in [-0.39, 0.29) is 20.1 Å². The quantitative estimate of drug-likeness (QED) is 0.119. The van der Waals surface area contributed by atoms with Gasteiger partial charge in [0.1, 0.15) is 0 Å². The summed E-state index contributed by atoms with van der Waals surface area (Å²) in [5.41, 5.74) is 10.3. The van der Waals surface area contributed by atoms with Gasteiger partial charge in [0.2, 0.25) is 5.71 Å². The summed E-state index contributed by atoms with van der Waals surface area (Å²) >= 11 is 0. The van der Waals surface area contributed by atoms with Crippen LogP contribution < -0.4 is 5.19 Å². The monoisotopic (exact) mass is 824 g/mol. The molecule has 6 heteroatoms. The van der Waals surface area contributed by atoms with Crippen LogP contribution in [0, 0.1) is 25.0 Å². The molecule has 1 radical (unpaired) electrons. The van der Waals surface area contributed by atoms with E-state index in [1.165, 1.54) is 21.9 Å². The Labute approximate surface area is 299 Å². The molecule has 4 nitrogen and oxygen atoms in total. The second-order valence-corrected chi connectivity index (χ2v) is 18.6. The van der Waals surface area contributed by atoms with Crippen LogP contribution in [0.2, 0.25) is 19.6 Å². The number of nitrogens with zero attached hydrogens (tertiary/aromatic N) is 3. The molecule has 0 atom stereocenters. The van der Waals surface area contributed by atoms with Crippen LogP contribution in [-0.4, -0.2) is 23.0 Å². The van der Waals surface area contributed by atoms with Crippen molar-refractivity contribution in [1.82, 2.24) is 15.0 Å². The number of hydrogen-bond acceptors (Lipinski definition) is 4. The molecule has 0 spiro atoms. The number of furan rings is 1. The fraction of sp³-hybridized carbons (Fsp3) is 0.214. The minimum atomic E-state index is -1.43. The molecular formula is C42H41IrN3OSi-2. The molecule has 0 N–H and O–H groups in total. The summed E-state index contributed by atoms with van der Waals surface area (Å²) in [7, 11) is -1.43. The maximum absolute atomic E-state index is 6.06. The first-order valence-electron chi connectivity index (χ1n) is 16.3. The molecule has 245 valence electrons. The van der Waals surface area contributed by atoms with E-state index in [9.17, 15) is 0 Å². The van der Waals surface area contributed by atoms with Gasteiger partial charge in [-0.1, -0.05) is 98.0 Å². The zero-order valence-electron chi connectivity index (χ0n) is 28.5. The largest absolute Gasteiger partial charge is 0.486 e. The Morgan fingerprint density at radius 3 is 2.29 bits per heavy atom. The van der Waals surface area contributed by atoms with E-state index >= 15 is 0 Å². The van der Waals surface area contributed by atoms with Gasteiger partial charge in [-0.25, -0.2) is 4.98 Å². The molecule has 0 amide bonds. The Balaban J connectivity index is 0.000000184. The van der Waals surface area contributed by atoms with Crippen molar-refractivity contribution in [2.75, 3.05) is 0 Å². The minimum absolute atomic E-state index is 0. The fourth-order valence-electron chi connectivity index (χ4n) is 5.95. The number of aromatic nitrogens is 3. The molecule has 0 aliphatic carbocycles. The predicted octanol–water partition coefficient (Wildman–Crippen LogP) is 10.0. The van der Waals surface area contributed by atoms with E-state index in [0.717, 1.165) is 57.4 Å². The Morgan fingerprint density at radius 2 is 1.56 bits per heavy atom. The summed E-state index contributed by atoms with van der Waals surface area (Å²) < 4.78 is 6.06. The van der Waals surface area contributed by atoms with Crippen molar-refractivity contribution in [1.29, 1.82) is 0 Å². The molecule has 4 aromatic heterocycles. The van der Waals surface area contributed by atoms with Crippen molar-refractivity contribution in [3.8, 4) is 22.5 Å². The van der Waals surface area contributed by atoms with Crippen LogP contribution in [0.25, 0.3) is 44.6 Å². The number of hydrogen-bond donors (Lipinski definition) is 0. The predicted molar refractivity (Wildman–Crippen MR) is 198 cm³/mol. The van der Waals surface area contributed by atoms with Gasteiger partial charge >= 0.3 is 0 Å². The summed E-state index contributed by atoms with van der Waals surface area (Å²) in [6, 6.07) is 39.8. The van der Waals surface area contributed by atoms with Crippen molar-refractivity contribution in [2.45, 2.75) is 53.3 Å². The molecule has 0 aliphatic heterocycles. The summed E-state index contributed by atoms with van der Waals surface area (Å²) in [4.78, 5) is 13.8. The summed E-state index contributed by atoms with van der Waals surface area (Å²) in [6.45, 7) is 13.6. The zero-order valence-corrected chi connectivity index (χ0v) is 31.9. The van der Waals surface area contributed by atoms with Crippen molar-refractivity contribution in [2.24, 2.45) is 5.92 Å². The fourth-order valence-corrected chi connectivity index (χ4v) is 7.52. The smallest absolute Gasteiger partial charge is 0.216 e. The second-order valence-electron chi connectivity index (χ2n) is 13.6. The first-order chi connectivity index (χ1) is 22.7. The average molecular weight is 824 g/mol. The van der Waals surface area contributed by atoms with Crippen LogP contribution in [-0.2, 0) is 32.9 Å². The van der Waals surface area contributed by atoms with Crippen LogP contribution in [0.4, 0.5) is 0 Å². The Kier molecular flexibility index (Phi) is 11.2. The minimum Gasteiger partial charge on any atom is -0.486 e. The van der Waals surface area contributed by atoms with Crippen molar-refractivity contribution < 1.29 is 24.5 Å². The first kappa shape index (κ1) is 35.1. The Bertz CT molecular complexity index is 2120. The summed E-state index contributed by atoms with van der Waals surface area (Å²) in [5.74, 6) is 0.610. The van der Waals surface area contributed by atoms with E-state index < -0.39 is 8.07 Å². The summed E-state index contributed by atoms with van der Waals surface area (Å²) in [6.07, 6.45) is 5.96. The molecule has 0 saturated heterocycles. The zero-order chi connectivity index (χ0) is 33.0. The van der Waals surface area contributed by atoms with Gasteiger partial charge in [0.25, 0.3) is 0 Å². The standard InChI is InChI=1S/C21H19N2O.C21H22NSi.Ir/c1-13(2)11-15-9-10-22-19(12-15)18-6-4-5-16-17-8-7-14(3)23-21(17)24-20(16)18;1-23(2,3)21-16-22-20(18-12-8-5-9-13-18)15-19(21)14-17-10-6-4-7-11-17;/h4-5,7-10,12-13H,11H2,1-3H3;4-12,15-16H,14H2,1-3H3;/q2*-1;.